The molecule has 96 valence electrons. The summed E-state index contributed by atoms with van der Waals surface area (Å²) in [6, 6.07) is 10.3. The molecule has 0 spiro atoms. The number of rotatable bonds is 5. The highest BCUT2D eigenvalue weighted by Gasteiger charge is 2.12. The van der Waals surface area contributed by atoms with Crippen LogP contribution in [0.5, 0.6) is 0 Å². The van der Waals surface area contributed by atoms with Crippen LogP contribution < -0.4 is 4.57 Å². The molecule has 0 fully saturated rings. The minimum atomic E-state index is 0.205. The molecular weight excluding hydrogens is 224 g/mol. The number of ether oxygens (including phenoxy) is 1. The second kappa shape index (κ2) is 5.83. The van der Waals surface area contributed by atoms with Crippen LogP contribution in [0.1, 0.15) is 18.3 Å². The average molecular weight is 245 g/mol. The Hall–Kier alpha value is -1.61. The van der Waals surface area contributed by atoms with Crippen LogP contribution in [0.4, 0.5) is 0 Å². The van der Waals surface area contributed by atoms with Gasteiger partial charge in [0.05, 0.1) is 19.8 Å². The van der Waals surface area contributed by atoms with Crippen molar-refractivity contribution in [3.05, 3.63) is 54.1 Å². The van der Waals surface area contributed by atoms with Crippen molar-refractivity contribution in [2.45, 2.75) is 33.1 Å². The van der Waals surface area contributed by atoms with Crippen LogP contribution in [-0.4, -0.2) is 10.7 Å². The molecule has 0 aliphatic carbocycles. The fourth-order valence-electron chi connectivity index (χ4n) is 1.93. The highest BCUT2D eigenvalue weighted by atomic mass is 16.5. The van der Waals surface area contributed by atoms with Gasteiger partial charge in [-0.25, -0.2) is 9.13 Å². The van der Waals surface area contributed by atoms with Gasteiger partial charge < -0.3 is 4.74 Å². The van der Waals surface area contributed by atoms with Crippen molar-refractivity contribution in [1.82, 2.24) is 4.57 Å². The van der Waals surface area contributed by atoms with E-state index in [0.717, 1.165) is 6.54 Å². The molecule has 1 aromatic heterocycles. The van der Waals surface area contributed by atoms with Gasteiger partial charge in [-0.15, -0.1) is 0 Å². The van der Waals surface area contributed by atoms with Crippen LogP contribution in [0.25, 0.3) is 0 Å². The molecular formula is C15H21N2O+. The van der Waals surface area contributed by atoms with Crippen LogP contribution in [0.15, 0.2) is 42.7 Å². The van der Waals surface area contributed by atoms with Gasteiger partial charge in [0.25, 0.3) is 5.82 Å². The van der Waals surface area contributed by atoms with Crippen LogP contribution in [0, 0.1) is 6.92 Å². The summed E-state index contributed by atoms with van der Waals surface area (Å²) in [7, 11) is 2.06. The second-order valence-corrected chi connectivity index (χ2v) is 4.72. The molecule has 1 atom stereocenters. The normalized spacial score (nSPS) is 12.6. The van der Waals surface area contributed by atoms with Crippen molar-refractivity contribution in [2.24, 2.45) is 7.05 Å². The van der Waals surface area contributed by atoms with Gasteiger partial charge in [0.2, 0.25) is 0 Å². The molecule has 0 aliphatic rings. The van der Waals surface area contributed by atoms with Gasteiger partial charge in [0.1, 0.15) is 18.9 Å². The first-order valence-electron chi connectivity index (χ1n) is 6.33. The molecule has 1 aromatic carbocycles. The van der Waals surface area contributed by atoms with Crippen LogP contribution in [-0.2, 0) is 24.9 Å². The van der Waals surface area contributed by atoms with Crippen LogP contribution in [0.2, 0.25) is 0 Å². The molecule has 3 nitrogen and oxygen atoms in total. The van der Waals surface area contributed by atoms with E-state index in [1.54, 1.807) is 0 Å². The summed E-state index contributed by atoms with van der Waals surface area (Å²) in [4.78, 5) is 0. The van der Waals surface area contributed by atoms with Crippen molar-refractivity contribution in [1.29, 1.82) is 0 Å². The smallest absolute Gasteiger partial charge is 0.253 e. The number of aryl methyl sites for hydroxylation is 1. The number of hydrogen-bond donors (Lipinski definition) is 0. The van der Waals surface area contributed by atoms with Gasteiger partial charge in [-0.1, -0.05) is 30.3 Å². The maximum absolute atomic E-state index is 5.87. The van der Waals surface area contributed by atoms with Crippen LogP contribution >= 0.6 is 0 Å². The lowest BCUT2D eigenvalue weighted by molar-refractivity contribution is -0.677. The third kappa shape index (κ3) is 3.20. The predicted octanol–water partition coefficient (Wildman–Crippen LogP) is 2.23. The summed E-state index contributed by atoms with van der Waals surface area (Å²) >= 11 is 0. The van der Waals surface area contributed by atoms with Crippen LogP contribution in [0.3, 0.4) is 0 Å². The number of nitrogens with zero attached hydrogens (tertiary/aromatic N) is 2. The minimum Gasteiger partial charge on any atom is -0.370 e. The predicted molar refractivity (Wildman–Crippen MR) is 71.0 cm³/mol. The summed E-state index contributed by atoms with van der Waals surface area (Å²) in [5.74, 6) is 1.24. The highest BCUT2D eigenvalue weighted by Crippen LogP contribution is 2.05. The maximum Gasteiger partial charge on any atom is 0.253 e. The molecule has 0 aliphatic heterocycles. The molecule has 18 heavy (non-hydrogen) atoms. The molecule has 0 saturated carbocycles. The lowest BCUT2D eigenvalue weighted by atomic mass is 10.2. The lowest BCUT2D eigenvalue weighted by Gasteiger charge is -2.11. The summed E-state index contributed by atoms with van der Waals surface area (Å²) in [5.41, 5.74) is 1.22. The molecule has 2 rings (SSSR count). The zero-order chi connectivity index (χ0) is 13.0. The number of imidazole rings is 1. The van der Waals surface area contributed by atoms with Crippen molar-refractivity contribution in [3.8, 4) is 0 Å². The number of aromatic nitrogens is 2. The van der Waals surface area contributed by atoms with E-state index in [9.17, 15) is 0 Å². The first-order valence-corrected chi connectivity index (χ1v) is 6.33. The quantitative estimate of drug-likeness (QED) is 0.739. The van der Waals surface area contributed by atoms with Crippen molar-refractivity contribution in [2.75, 3.05) is 0 Å². The minimum absolute atomic E-state index is 0.205. The Morgan fingerprint density at radius 3 is 2.61 bits per heavy atom. The van der Waals surface area contributed by atoms with E-state index < -0.39 is 0 Å². The molecule has 1 heterocycles. The van der Waals surface area contributed by atoms with E-state index in [4.69, 9.17) is 4.74 Å². The molecule has 0 unspecified atom stereocenters. The van der Waals surface area contributed by atoms with Gasteiger partial charge in [0.15, 0.2) is 0 Å². The molecule has 0 saturated heterocycles. The maximum atomic E-state index is 5.87. The summed E-state index contributed by atoms with van der Waals surface area (Å²) in [6.45, 7) is 5.79. The van der Waals surface area contributed by atoms with Gasteiger partial charge in [-0.05, 0) is 12.5 Å². The Morgan fingerprint density at radius 2 is 2.00 bits per heavy atom. The molecule has 0 N–H and O–H groups in total. The monoisotopic (exact) mass is 245 g/mol. The van der Waals surface area contributed by atoms with E-state index in [2.05, 4.69) is 54.6 Å². The molecule has 0 radical (unpaired) electrons. The number of benzene rings is 1. The molecule has 0 amide bonds. The van der Waals surface area contributed by atoms with Gasteiger partial charge in [0, 0.05) is 6.92 Å². The first-order chi connectivity index (χ1) is 8.66. The molecule has 0 bridgehead atoms. The lowest BCUT2D eigenvalue weighted by Crippen LogP contribution is -2.30. The first kappa shape index (κ1) is 12.8. The SMILES string of the molecule is Cc1n(C[C@H](C)OCc2ccccc2)cc[n+]1C. The van der Waals surface area contributed by atoms with Gasteiger partial charge in [-0.3, -0.25) is 0 Å². The van der Waals surface area contributed by atoms with E-state index >= 15 is 0 Å². The van der Waals surface area contributed by atoms with E-state index in [0.29, 0.717) is 6.61 Å². The Balaban J connectivity index is 1.86. The zero-order valence-corrected chi connectivity index (χ0v) is 11.3. The van der Waals surface area contributed by atoms with Crippen molar-refractivity contribution < 1.29 is 9.30 Å². The Morgan fingerprint density at radius 1 is 1.28 bits per heavy atom. The molecule has 3 heteroatoms. The third-order valence-corrected chi connectivity index (χ3v) is 3.23. The summed E-state index contributed by atoms with van der Waals surface area (Å²) in [5, 5.41) is 0. The fourth-order valence-corrected chi connectivity index (χ4v) is 1.93. The van der Waals surface area contributed by atoms with Crippen molar-refractivity contribution >= 4 is 0 Å². The van der Waals surface area contributed by atoms with E-state index in [1.807, 2.05) is 18.2 Å². The average Bonchev–Trinajstić information content (AvgIpc) is 2.70. The van der Waals surface area contributed by atoms with E-state index in [1.165, 1.54) is 11.4 Å². The van der Waals surface area contributed by atoms with E-state index in [-0.39, 0.29) is 6.10 Å². The third-order valence-electron chi connectivity index (χ3n) is 3.23. The molecule has 2 aromatic rings. The van der Waals surface area contributed by atoms with Crippen molar-refractivity contribution in [3.63, 3.8) is 0 Å². The zero-order valence-electron chi connectivity index (χ0n) is 11.3. The Bertz CT molecular complexity index is 490. The standard InChI is InChI=1S/C15H21N2O/c1-13(11-17-10-9-16(3)14(17)2)18-12-15-7-5-4-6-8-15/h4-10,13H,11-12H2,1-3H3/q+1/t13-/m0/s1. The summed E-state index contributed by atoms with van der Waals surface area (Å²) < 4.78 is 10.2. The largest absolute Gasteiger partial charge is 0.370 e. The topological polar surface area (TPSA) is 18.0 Å². The van der Waals surface area contributed by atoms with Gasteiger partial charge in [-0.2, -0.15) is 0 Å². The Kier molecular flexibility index (Phi) is 4.15. The number of hydrogen-bond acceptors (Lipinski definition) is 1. The Labute approximate surface area is 109 Å². The highest BCUT2D eigenvalue weighted by molar-refractivity contribution is 5.13. The second-order valence-electron chi connectivity index (χ2n) is 4.72. The fraction of sp³-hybridized carbons (Fsp3) is 0.400. The summed E-state index contributed by atoms with van der Waals surface area (Å²) in [6.07, 6.45) is 4.37. The van der Waals surface area contributed by atoms with Gasteiger partial charge >= 0.3 is 0 Å².